The Bertz CT molecular complexity index is 681. The number of fused-ring (bicyclic) bond motifs is 1. The summed E-state index contributed by atoms with van der Waals surface area (Å²) in [6, 6.07) is 0.0251. The maximum absolute atomic E-state index is 13.0. The lowest BCUT2D eigenvalue weighted by atomic mass is 9.95. The molecule has 6 heteroatoms. The Balaban J connectivity index is 1.63. The van der Waals surface area contributed by atoms with Crippen molar-refractivity contribution in [1.29, 1.82) is 0 Å². The van der Waals surface area contributed by atoms with E-state index in [1.807, 2.05) is 4.90 Å². The SMILES string of the molecule is O=C(c1n[nH]c2c1CCCC2)N1CCCC1c1cnccn1. The highest BCUT2D eigenvalue weighted by atomic mass is 16.2. The minimum Gasteiger partial charge on any atom is -0.329 e. The van der Waals surface area contributed by atoms with Crippen molar-refractivity contribution in [2.75, 3.05) is 6.54 Å². The Morgan fingerprint density at radius 3 is 3.00 bits per heavy atom. The maximum atomic E-state index is 13.0. The number of nitrogens with one attached hydrogen (secondary N) is 1. The van der Waals surface area contributed by atoms with Crippen molar-refractivity contribution in [3.8, 4) is 0 Å². The minimum atomic E-state index is 0.0251. The molecular weight excluding hydrogens is 278 g/mol. The third-order valence-corrected chi connectivity index (χ3v) is 4.70. The summed E-state index contributed by atoms with van der Waals surface area (Å²) in [6.45, 7) is 0.766. The lowest BCUT2D eigenvalue weighted by Crippen LogP contribution is -2.32. The summed E-state index contributed by atoms with van der Waals surface area (Å²) in [5, 5.41) is 7.38. The quantitative estimate of drug-likeness (QED) is 0.920. The van der Waals surface area contributed by atoms with E-state index in [1.165, 1.54) is 6.42 Å². The van der Waals surface area contributed by atoms with E-state index in [0.717, 1.165) is 55.6 Å². The second-order valence-corrected chi connectivity index (χ2v) is 6.02. The monoisotopic (exact) mass is 297 g/mol. The number of aromatic amines is 1. The number of carbonyl (C=O) groups is 1. The first-order valence-corrected chi connectivity index (χ1v) is 7.97. The van der Waals surface area contributed by atoms with Crippen LogP contribution in [0.25, 0.3) is 0 Å². The molecule has 0 bridgehead atoms. The van der Waals surface area contributed by atoms with E-state index in [4.69, 9.17) is 0 Å². The van der Waals surface area contributed by atoms with Gasteiger partial charge in [0.05, 0.1) is 17.9 Å². The number of aryl methyl sites for hydroxylation is 1. The topological polar surface area (TPSA) is 74.8 Å². The van der Waals surface area contributed by atoms with Crippen LogP contribution in [0.15, 0.2) is 18.6 Å². The van der Waals surface area contributed by atoms with E-state index in [9.17, 15) is 4.79 Å². The van der Waals surface area contributed by atoms with Crippen LogP contribution in [0.5, 0.6) is 0 Å². The maximum Gasteiger partial charge on any atom is 0.275 e. The fraction of sp³-hybridized carbons (Fsp3) is 0.500. The average Bonchev–Trinajstić information content (AvgIpc) is 3.22. The van der Waals surface area contributed by atoms with Crippen LogP contribution in [0.2, 0.25) is 0 Å². The number of rotatable bonds is 2. The van der Waals surface area contributed by atoms with E-state index in [-0.39, 0.29) is 11.9 Å². The van der Waals surface area contributed by atoms with E-state index >= 15 is 0 Å². The van der Waals surface area contributed by atoms with Gasteiger partial charge in [0.15, 0.2) is 5.69 Å². The molecule has 4 rings (SSSR count). The van der Waals surface area contributed by atoms with Crippen molar-refractivity contribution < 1.29 is 4.79 Å². The van der Waals surface area contributed by atoms with Crippen molar-refractivity contribution in [3.63, 3.8) is 0 Å². The van der Waals surface area contributed by atoms with Crippen molar-refractivity contribution in [1.82, 2.24) is 25.1 Å². The Labute approximate surface area is 129 Å². The molecule has 0 aromatic carbocycles. The molecule has 1 amide bonds. The van der Waals surface area contributed by atoms with Gasteiger partial charge in [-0.2, -0.15) is 5.10 Å². The lowest BCUT2D eigenvalue weighted by molar-refractivity contribution is 0.0725. The van der Waals surface area contributed by atoms with E-state index in [1.54, 1.807) is 18.6 Å². The third-order valence-electron chi connectivity index (χ3n) is 4.70. The predicted octanol–water partition coefficient (Wildman–Crippen LogP) is 2.06. The second-order valence-electron chi connectivity index (χ2n) is 6.02. The molecule has 1 saturated heterocycles. The number of carbonyl (C=O) groups excluding carboxylic acids is 1. The smallest absolute Gasteiger partial charge is 0.275 e. The van der Waals surface area contributed by atoms with Crippen molar-refractivity contribution in [2.24, 2.45) is 0 Å². The van der Waals surface area contributed by atoms with Gasteiger partial charge in [-0.05, 0) is 38.5 Å². The summed E-state index contributed by atoms with van der Waals surface area (Å²) >= 11 is 0. The standard InChI is InChI=1S/C16H19N5O/c22-16(15-11-4-1-2-5-12(11)19-20-15)21-9-3-6-14(21)13-10-17-7-8-18-13/h7-8,10,14H,1-6,9H2,(H,19,20). The molecule has 22 heavy (non-hydrogen) atoms. The normalized spacial score (nSPS) is 20.9. The summed E-state index contributed by atoms with van der Waals surface area (Å²) in [5.74, 6) is 0.0348. The van der Waals surface area contributed by atoms with Crippen molar-refractivity contribution in [2.45, 2.75) is 44.6 Å². The van der Waals surface area contributed by atoms with Gasteiger partial charge in [0.2, 0.25) is 0 Å². The zero-order chi connectivity index (χ0) is 14.9. The molecule has 1 N–H and O–H groups in total. The summed E-state index contributed by atoms with van der Waals surface area (Å²) in [6.07, 6.45) is 11.3. The predicted molar refractivity (Wildman–Crippen MR) is 80.3 cm³/mol. The van der Waals surface area contributed by atoms with Crippen LogP contribution in [0.3, 0.4) is 0 Å². The molecule has 2 aliphatic rings. The van der Waals surface area contributed by atoms with Crippen LogP contribution in [0.1, 0.15) is 59.2 Å². The van der Waals surface area contributed by atoms with Crippen molar-refractivity contribution >= 4 is 5.91 Å². The van der Waals surface area contributed by atoms with Crippen LogP contribution in [0, 0.1) is 0 Å². The van der Waals surface area contributed by atoms with Gasteiger partial charge in [0.1, 0.15) is 0 Å². The van der Waals surface area contributed by atoms with Gasteiger partial charge in [0, 0.05) is 30.2 Å². The Morgan fingerprint density at radius 1 is 1.23 bits per heavy atom. The number of H-pyrrole nitrogens is 1. The highest BCUT2D eigenvalue weighted by Crippen LogP contribution is 2.33. The zero-order valence-electron chi connectivity index (χ0n) is 12.5. The zero-order valence-corrected chi connectivity index (χ0v) is 12.5. The molecule has 1 aliphatic heterocycles. The number of likely N-dealkylation sites (tertiary alicyclic amines) is 1. The number of aromatic nitrogens is 4. The molecule has 3 heterocycles. The second kappa shape index (κ2) is 5.51. The summed E-state index contributed by atoms with van der Waals surface area (Å²) < 4.78 is 0. The highest BCUT2D eigenvalue weighted by Gasteiger charge is 2.34. The molecule has 114 valence electrons. The molecular formula is C16H19N5O. The minimum absolute atomic E-state index is 0.0251. The van der Waals surface area contributed by atoms with Crippen LogP contribution in [0.4, 0.5) is 0 Å². The average molecular weight is 297 g/mol. The molecule has 0 saturated carbocycles. The molecule has 0 spiro atoms. The van der Waals surface area contributed by atoms with Gasteiger partial charge in [-0.3, -0.25) is 19.9 Å². The summed E-state index contributed by atoms with van der Waals surface area (Å²) in [4.78, 5) is 23.4. The van der Waals surface area contributed by atoms with Gasteiger partial charge in [0.25, 0.3) is 5.91 Å². The fourth-order valence-electron chi connectivity index (χ4n) is 3.59. The summed E-state index contributed by atoms with van der Waals surface area (Å²) in [7, 11) is 0. The largest absolute Gasteiger partial charge is 0.329 e. The van der Waals surface area contributed by atoms with Crippen LogP contribution in [-0.4, -0.2) is 37.5 Å². The van der Waals surface area contributed by atoms with Gasteiger partial charge < -0.3 is 4.90 Å². The van der Waals surface area contributed by atoms with Crippen LogP contribution < -0.4 is 0 Å². The third kappa shape index (κ3) is 2.19. The summed E-state index contributed by atoms with van der Waals surface area (Å²) in [5.41, 5.74) is 3.76. The van der Waals surface area contributed by atoms with E-state index < -0.39 is 0 Å². The molecule has 2 aromatic rings. The number of nitrogens with zero attached hydrogens (tertiary/aromatic N) is 4. The molecule has 0 radical (unpaired) electrons. The van der Waals surface area contributed by atoms with Crippen molar-refractivity contribution in [3.05, 3.63) is 41.2 Å². The van der Waals surface area contributed by atoms with Crippen LogP contribution in [-0.2, 0) is 12.8 Å². The van der Waals surface area contributed by atoms with E-state index in [2.05, 4.69) is 20.2 Å². The number of amides is 1. The lowest BCUT2D eigenvalue weighted by Gasteiger charge is -2.24. The molecule has 2 aromatic heterocycles. The first kappa shape index (κ1) is 13.4. The number of hydrogen-bond acceptors (Lipinski definition) is 4. The highest BCUT2D eigenvalue weighted by molar-refractivity contribution is 5.94. The Kier molecular flexibility index (Phi) is 3.36. The molecule has 1 unspecified atom stereocenters. The molecule has 1 atom stereocenters. The Hall–Kier alpha value is -2.24. The van der Waals surface area contributed by atoms with Crippen LogP contribution >= 0.6 is 0 Å². The number of hydrogen-bond donors (Lipinski definition) is 1. The van der Waals surface area contributed by atoms with Gasteiger partial charge >= 0.3 is 0 Å². The Morgan fingerprint density at radius 2 is 2.14 bits per heavy atom. The van der Waals surface area contributed by atoms with Gasteiger partial charge in [-0.25, -0.2) is 0 Å². The fourth-order valence-corrected chi connectivity index (χ4v) is 3.59. The first-order chi connectivity index (χ1) is 10.8. The molecule has 1 fully saturated rings. The van der Waals surface area contributed by atoms with Gasteiger partial charge in [-0.15, -0.1) is 0 Å². The van der Waals surface area contributed by atoms with Gasteiger partial charge in [-0.1, -0.05) is 0 Å². The molecule has 6 nitrogen and oxygen atoms in total. The molecule has 1 aliphatic carbocycles. The van der Waals surface area contributed by atoms with E-state index in [0.29, 0.717) is 5.69 Å². The first-order valence-electron chi connectivity index (χ1n) is 7.97.